The lowest BCUT2D eigenvalue weighted by Crippen LogP contribution is -2.48. The maximum absolute atomic E-state index is 12.3. The minimum Gasteiger partial charge on any atom is -0.369 e. The normalized spacial score (nSPS) is 14.8. The van der Waals surface area contributed by atoms with Gasteiger partial charge in [0.05, 0.1) is 21.5 Å². The quantitative estimate of drug-likeness (QED) is 0.550. The zero-order valence-corrected chi connectivity index (χ0v) is 17.0. The Morgan fingerprint density at radius 2 is 1.68 bits per heavy atom. The second-order valence-electron chi connectivity index (χ2n) is 6.33. The molecule has 2 aromatic carbocycles. The number of halogens is 3. The van der Waals surface area contributed by atoms with Crippen LogP contribution in [0, 0.1) is 10.1 Å². The lowest BCUT2D eigenvalue weighted by molar-refractivity contribution is -0.384. The van der Waals surface area contributed by atoms with E-state index in [9.17, 15) is 14.9 Å². The zero-order valence-electron chi connectivity index (χ0n) is 14.7. The molecule has 1 aliphatic rings. The van der Waals surface area contributed by atoms with Crippen LogP contribution in [0.2, 0.25) is 15.1 Å². The molecule has 148 valence electrons. The van der Waals surface area contributed by atoms with Crippen molar-refractivity contribution in [3.63, 3.8) is 0 Å². The van der Waals surface area contributed by atoms with Gasteiger partial charge in [0.2, 0.25) is 5.91 Å². The largest absolute Gasteiger partial charge is 0.369 e. The van der Waals surface area contributed by atoms with Crippen LogP contribution >= 0.6 is 34.8 Å². The maximum atomic E-state index is 12.3. The van der Waals surface area contributed by atoms with Crippen LogP contribution in [-0.2, 0) is 4.79 Å². The van der Waals surface area contributed by atoms with Gasteiger partial charge in [-0.2, -0.15) is 0 Å². The Hall–Kier alpha value is -2.06. The molecule has 2 aromatic rings. The highest BCUT2D eigenvalue weighted by Gasteiger charge is 2.20. The Labute approximate surface area is 176 Å². The smallest absolute Gasteiger partial charge is 0.289 e. The molecule has 1 fully saturated rings. The summed E-state index contributed by atoms with van der Waals surface area (Å²) in [6.45, 7) is 3.10. The second-order valence-corrected chi connectivity index (χ2v) is 7.55. The Morgan fingerprint density at radius 3 is 2.32 bits per heavy atom. The van der Waals surface area contributed by atoms with E-state index in [4.69, 9.17) is 34.8 Å². The molecule has 1 amide bonds. The Bertz CT molecular complexity index is 902. The molecule has 1 aliphatic heterocycles. The number of amides is 1. The van der Waals surface area contributed by atoms with Crippen LogP contribution in [0.1, 0.15) is 0 Å². The predicted octanol–water partition coefficient (Wildman–Crippen LogP) is 4.32. The number of carbonyl (C=O) groups is 1. The topological polar surface area (TPSA) is 78.7 Å². The molecule has 0 radical (unpaired) electrons. The number of nitrogens with zero attached hydrogens (tertiary/aromatic N) is 3. The van der Waals surface area contributed by atoms with Crippen molar-refractivity contribution in [3.05, 3.63) is 61.6 Å². The number of hydrogen-bond donors (Lipinski definition) is 1. The van der Waals surface area contributed by atoms with Crippen molar-refractivity contribution < 1.29 is 9.72 Å². The first-order valence-electron chi connectivity index (χ1n) is 8.49. The van der Waals surface area contributed by atoms with Gasteiger partial charge in [-0.25, -0.2) is 0 Å². The summed E-state index contributed by atoms with van der Waals surface area (Å²) < 4.78 is 0. The molecular weight excluding hydrogens is 427 g/mol. The average Bonchev–Trinajstić information content (AvgIpc) is 2.66. The number of piperazine rings is 1. The number of nitro groups is 1. The molecule has 0 atom stereocenters. The summed E-state index contributed by atoms with van der Waals surface area (Å²) in [5.74, 6) is -0.236. The number of carbonyl (C=O) groups excluding carboxylic acids is 1. The number of anilines is 2. The van der Waals surface area contributed by atoms with Crippen molar-refractivity contribution in [2.45, 2.75) is 0 Å². The highest BCUT2D eigenvalue weighted by atomic mass is 35.5. The fraction of sp³-hybridized carbons (Fsp3) is 0.278. The predicted molar refractivity (Wildman–Crippen MR) is 112 cm³/mol. The van der Waals surface area contributed by atoms with Crippen molar-refractivity contribution in [3.8, 4) is 0 Å². The number of nitro benzene ring substituents is 1. The summed E-state index contributed by atoms with van der Waals surface area (Å²) in [5, 5.41) is 14.7. The number of nitrogens with one attached hydrogen (secondary N) is 1. The summed E-state index contributed by atoms with van der Waals surface area (Å²) >= 11 is 17.8. The highest BCUT2D eigenvalue weighted by molar-refractivity contribution is 6.42. The summed E-state index contributed by atoms with van der Waals surface area (Å²) in [6.07, 6.45) is 0. The Morgan fingerprint density at radius 1 is 1.00 bits per heavy atom. The van der Waals surface area contributed by atoms with Gasteiger partial charge in [0.15, 0.2) is 0 Å². The van der Waals surface area contributed by atoms with Crippen molar-refractivity contribution in [1.29, 1.82) is 0 Å². The van der Waals surface area contributed by atoms with E-state index in [1.165, 1.54) is 18.2 Å². The molecule has 28 heavy (non-hydrogen) atoms. The lowest BCUT2D eigenvalue weighted by atomic mass is 10.2. The summed E-state index contributed by atoms with van der Waals surface area (Å²) in [6, 6.07) is 9.71. The van der Waals surface area contributed by atoms with Crippen LogP contribution in [0.5, 0.6) is 0 Å². The molecule has 1 heterocycles. The molecule has 3 rings (SSSR count). The Balaban J connectivity index is 1.53. The fourth-order valence-electron chi connectivity index (χ4n) is 2.98. The second kappa shape index (κ2) is 8.96. The average molecular weight is 444 g/mol. The molecule has 0 spiro atoms. The molecule has 10 heteroatoms. The van der Waals surface area contributed by atoms with Crippen molar-refractivity contribution in [2.24, 2.45) is 0 Å². The molecule has 0 saturated carbocycles. The highest BCUT2D eigenvalue weighted by Crippen LogP contribution is 2.28. The van der Waals surface area contributed by atoms with Gasteiger partial charge in [0.1, 0.15) is 5.02 Å². The van der Waals surface area contributed by atoms with E-state index in [2.05, 4.69) is 10.2 Å². The van der Waals surface area contributed by atoms with E-state index in [0.29, 0.717) is 28.8 Å². The van der Waals surface area contributed by atoms with Crippen LogP contribution in [0.3, 0.4) is 0 Å². The van der Waals surface area contributed by atoms with Crippen LogP contribution in [0.25, 0.3) is 0 Å². The van der Waals surface area contributed by atoms with Gasteiger partial charge in [0.25, 0.3) is 5.69 Å². The van der Waals surface area contributed by atoms with Gasteiger partial charge in [-0.15, -0.1) is 0 Å². The van der Waals surface area contributed by atoms with Gasteiger partial charge < -0.3 is 10.2 Å². The third-order valence-corrected chi connectivity index (χ3v) is 5.49. The molecule has 1 saturated heterocycles. The third kappa shape index (κ3) is 5.05. The molecule has 7 nitrogen and oxygen atoms in total. The van der Waals surface area contributed by atoms with E-state index in [1.54, 1.807) is 6.07 Å². The summed E-state index contributed by atoms with van der Waals surface area (Å²) in [7, 11) is 0. The van der Waals surface area contributed by atoms with Crippen LogP contribution < -0.4 is 10.2 Å². The molecule has 0 aromatic heterocycles. The van der Waals surface area contributed by atoms with Crippen molar-refractivity contribution in [2.75, 3.05) is 42.9 Å². The van der Waals surface area contributed by atoms with Gasteiger partial charge in [-0.1, -0.05) is 34.8 Å². The Kier molecular flexibility index (Phi) is 6.61. The van der Waals surface area contributed by atoms with Crippen LogP contribution in [0.4, 0.5) is 17.1 Å². The van der Waals surface area contributed by atoms with E-state index in [1.807, 2.05) is 17.0 Å². The van der Waals surface area contributed by atoms with Gasteiger partial charge in [-0.05, 0) is 30.3 Å². The van der Waals surface area contributed by atoms with E-state index >= 15 is 0 Å². The SMILES string of the molecule is O=C(CN1CCN(c2ccc(Cl)c(Cl)c2)CC1)Nc1ccc(Cl)c([N+](=O)[O-])c1. The molecular formula is C18H17Cl3N4O3. The molecule has 0 aliphatic carbocycles. The summed E-state index contributed by atoms with van der Waals surface area (Å²) in [4.78, 5) is 26.8. The zero-order chi connectivity index (χ0) is 20.3. The van der Waals surface area contributed by atoms with Gasteiger partial charge in [-0.3, -0.25) is 19.8 Å². The van der Waals surface area contributed by atoms with E-state index < -0.39 is 4.92 Å². The third-order valence-electron chi connectivity index (χ3n) is 4.43. The maximum Gasteiger partial charge on any atom is 0.289 e. The van der Waals surface area contributed by atoms with Crippen LogP contribution in [0.15, 0.2) is 36.4 Å². The number of benzene rings is 2. The molecule has 0 bridgehead atoms. The van der Waals surface area contributed by atoms with Gasteiger partial charge >= 0.3 is 0 Å². The number of rotatable bonds is 5. The van der Waals surface area contributed by atoms with Gasteiger partial charge in [0, 0.05) is 43.6 Å². The molecule has 1 N–H and O–H groups in total. The first-order valence-corrected chi connectivity index (χ1v) is 9.63. The van der Waals surface area contributed by atoms with E-state index in [0.717, 1.165) is 18.8 Å². The fourth-order valence-corrected chi connectivity index (χ4v) is 3.46. The van der Waals surface area contributed by atoms with Crippen molar-refractivity contribution >= 4 is 57.8 Å². The number of hydrogen-bond acceptors (Lipinski definition) is 5. The first-order chi connectivity index (χ1) is 13.3. The first kappa shape index (κ1) is 20.7. The van der Waals surface area contributed by atoms with Crippen LogP contribution in [-0.4, -0.2) is 48.5 Å². The minimum atomic E-state index is -0.583. The summed E-state index contributed by atoms with van der Waals surface area (Å²) in [5.41, 5.74) is 1.09. The molecule has 0 unspecified atom stereocenters. The van der Waals surface area contributed by atoms with Crippen molar-refractivity contribution in [1.82, 2.24) is 4.90 Å². The minimum absolute atomic E-state index is 0.0291. The standard InChI is InChI=1S/C18H17Cl3N4O3/c19-14-4-2-13(10-16(14)21)24-7-5-23(6-8-24)11-18(26)22-12-1-3-15(20)17(9-12)25(27)28/h1-4,9-10H,5-8,11H2,(H,22,26). The van der Waals surface area contributed by atoms with E-state index in [-0.39, 0.29) is 23.2 Å². The lowest BCUT2D eigenvalue weighted by Gasteiger charge is -2.35. The monoisotopic (exact) mass is 442 g/mol.